The molecule has 0 fully saturated rings. The van der Waals surface area contributed by atoms with Crippen molar-refractivity contribution in [3.63, 3.8) is 0 Å². The van der Waals surface area contributed by atoms with Crippen LogP contribution in [0, 0.1) is 0 Å². The van der Waals surface area contributed by atoms with Gasteiger partial charge < -0.3 is 10.2 Å². The van der Waals surface area contributed by atoms with Crippen molar-refractivity contribution in [2.24, 2.45) is 0 Å². The molecule has 2 N–H and O–H groups in total. The van der Waals surface area contributed by atoms with E-state index >= 15 is 0 Å². The van der Waals surface area contributed by atoms with Gasteiger partial charge in [-0.05, 0) is 6.04 Å². The summed E-state index contributed by atoms with van der Waals surface area (Å²) in [5.74, 6) is -0.162. The first kappa shape index (κ1) is 1.30. The minimum absolute atomic E-state index is 0.162. The van der Waals surface area contributed by atoms with Crippen LogP contribution in [0.25, 0.3) is 0 Å². The second-order valence-electron chi connectivity index (χ2n) is 0.818. The molecular weight excluding hydrogens is 78.0 g/mol. The summed E-state index contributed by atoms with van der Waals surface area (Å²) in [4.78, 5) is 0. The van der Waals surface area contributed by atoms with Gasteiger partial charge in [0.2, 0.25) is 0 Å². The summed E-state index contributed by atoms with van der Waals surface area (Å²) < 4.78 is 25.1. The molecule has 0 atom stereocenters. The quantitative estimate of drug-likeness (QED) is 0.508. The van der Waals surface area contributed by atoms with Crippen molar-refractivity contribution in [2.75, 3.05) is 5.73 Å². The van der Waals surface area contributed by atoms with Crippen molar-refractivity contribution in [2.45, 2.75) is 0 Å². The lowest BCUT2D eigenvalue weighted by atomic mass is 10.6. The van der Waals surface area contributed by atoms with Crippen molar-refractivity contribution in [1.82, 2.24) is 0 Å². The summed E-state index contributed by atoms with van der Waals surface area (Å²) in [6, 6.07) is -0.465. The highest BCUT2D eigenvalue weighted by molar-refractivity contribution is 5.20. The van der Waals surface area contributed by atoms with Crippen LogP contribution in [0.4, 0.5) is 5.88 Å². The Morgan fingerprint density at radius 2 is 2.83 bits per heavy atom. The average Bonchev–Trinajstić information content (AvgIpc) is 1.98. The Kier molecular flexibility index (Phi) is 0.226. The molecule has 1 heterocycles. The minimum atomic E-state index is -0.350. The van der Waals surface area contributed by atoms with Gasteiger partial charge in [0.15, 0.2) is 5.88 Å². The number of anilines is 1. The van der Waals surface area contributed by atoms with E-state index in [-0.39, 0.29) is 24.2 Å². The average molecular weight is 86.1 g/mol. The fraction of sp³-hybridized carbons (Fsp3) is 0. The van der Waals surface area contributed by atoms with Gasteiger partial charge in [0, 0.05) is 6.04 Å². The van der Waals surface area contributed by atoms with E-state index in [2.05, 4.69) is 4.42 Å². The summed E-state index contributed by atoms with van der Waals surface area (Å²) in [7, 11) is 0. The van der Waals surface area contributed by atoms with Crippen molar-refractivity contribution in [1.29, 1.82) is 0 Å². The van der Waals surface area contributed by atoms with E-state index < -0.39 is 0 Å². The third-order valence-electron chi connectivity index (χ3n) is 0.398. The predicted octanol–water partition coefficient (Wildman–Crippen LogP) is 0.862. The molecular formula is C4H5NO. The highest BCUT2D eigenvalue weighted by atomic mass is 16.3. The van der Waals surface area contributed by atoms with Crippen LogP contribution >= 0.6 is 0 Å². The molecule has 0 unspecified atom stereocenters. The fourth-order valence-corrected chi connectivity index (χ4v) is 0.193. The van der Waals surface area contributed by atoms with Crippen LogP contribution in [-0.2, 0) is 0 Å². The smallest absolute Gasteiger partial charge is 0.190 e. The van der Waals surface area contributed by atoms with Crippen molar-refractivity contribution < 1.29 is 8.53 Å². The molecule has 0 radical (unpaired) electrons. The van der Waals surface area contributed by atoms with Gasteiger partial charge in [0.05, 0.1) is 8.98 Å². The molecule has 0 spiro atoms. The van der Waals surface area contributed by atoms with E-state index in [0.717, 1.165) is 0 Å². The van der Waals surface area contributed by atoms with E-state index in [1.807, 2.05) is 0 Å². The first-order chi connectivity index (χ1) is 4.13. The van der Waals surface area contributed by atoms with Gasteiger partial charge in [-0.3, -0.25) is 0 Å². The summed E-state index contributed by atoms with van der Waals surface area (Å²) >= 11 is 0. The number of hydrogen-bond acceptors (Lipinski definition) is 2. The van der Waals surface area contributed by atoms with Crippen LogP contribution in [0.2, 0.25) is 0 Å². The molecule has 1 rings (SSSR count). The largest absolute Gasteiger partial charge is 0.449 e. The van der Waals surface area contributed by atoms with Gasteiger partial charge in [-0.1, -0.05) is 0 Å². The molecule has 2 heteroatoms. The summed E-state index contributed by atoms with van der Waals surface area (Å²) in [6.45, 7) is 0. The Morgan fingerprint density at radius 3 is 3.00 bits per heavy atom. The Bertz CT molecular complexity index is 209. The molecule has 2 nitrogen and oxygen atoms in total. The number of nitrogen functional groups attached to an aromatic ring is 1. The standard InChI is InChI=1S/C4H5NO/c5-4-2-1-3-6-4/h1-3H,5H2/i1D,2D,3D. The molecule has 0 aliphatic heterocycles. The Hall–Kier alpha value is -0.920. The van der Waals surface area contributed by atoms with Crippen molar-refractivity contribution in [3.8, 4) is 0 Å². The lowest BCUT2D eigenvalue weighted by Gasteiger charge is -1.70. The molecule has 1 aromatic rings. The maximum atomic E-state index is 6.94. The zero-order chi connectivity index (χ0) is 7.02. The highest BCUT2D eigenvalue weighted by Crippen LogP contribution is 1.97. The zero-order valence-electron chi connectivity index (χ0n) is 5.99. The maximum absolute atomic E-state index is 6.94. The molecule has 0 aliphatic carbocycles. The summed E-state index contributed by atoms with van der Waals surface area (Å²) in [5.41, 5.74) is 5.05. The summed E-state index contributed by atoms with van der Waals surface area (Å²) in [6.07, 6.45) is -0.350. The van der Waals surface area contributed by atoms with Crippen LogP contribution in [-0.4, -0.2) is 0 Å². The summed E-state index contributed by atoms with van der Waals surface area (Å²) in [5, 5.41) is 0. The van der Waals surface area contributed by atoms with Gasteiger partial charge in [-0.15, -0.1) is 0 Å². The predicted molar refractivity (Wildman–Crippen MR) is 23.1 cm³/mol. The lowest BCUT2D eigenvalue weighted by Crippen LogP contribution is -1.74. The fourth-order valence-electron chi connectivity index (χ4n) is 0.193. The minimum Gasteiger partial charge on any atom is -0.449 e. The van der Waals surface area contributed by atoms with Crippen molar-refractivity contribution in [3.05, 3.63) is 18.3 Å². The Morgan fingerprint density at radius 1 is 2.00 bits per heavy atom. The van der Waals surface area contributed by atoms with Crippen LogP contribution in [0.3, 0.4) is 0 Å². The van der Waals surface area contributed by atoms with E-state index in [0.29, 0.717) is 0 Å². The van der Waals surface area contributed by atoms with Gasteiger partial charge in [0.25, 0.3) is 0 Å². The van der Waals surface area contributed by atoms with Crippen LogP contribution in [0.15, 0.2) is 22.7 Å². The zero-order valence-corrected chi connectivity index (χ0v) is 2.99. The molecule has 0 bridgehead atoms. The third kappa shape index (κ3) is 0.360. The maximum Gasteiger partial charge on any atom is 0.190 e. The van der Waals surface area contributed by atoms with Gasteiger partial charge in [-0.2, -0.15) is 0 Å². The number of rotatable bonds is 0. The highest BCUT2D eigenvalue weighted by Gasteiger charge is 1.76. The van der Waals surface area contributed by atoms with E-state index in [9.17, 15) is 0 Å². The normalized spacial score (nSPS) is 15.7. The molecule has 0 aromatic carbocycles. The monoisotopic (exact) mass is 86.1 g/mol. The number of hydrogen-bond donors (Lipinski definition) is 1. The SMILES string of the molecule is [2H]c1oc(N)c([2H])c1[2H]. The molecule has 1 aromatic heterocycles. The topological polar surface area (TPSA) is 39.2 Å². The van der Waals surface area contributed by atoms with Crippen LogP contribution in [0.5, 0.6) is 0 Å². The first-order valence-electron chi connectivity index (χ1n) is 2.95. The Balaban J connectivity index is 3.29. The van der Waals surface area contributed by atoms with Gasteiger partial charge in [0.1, 0.15) is 1.37 Å². The van der Waals surface area contributed by atoms with Crippen LogP contribution < -0.4 is 5.73 Å². The number of nitrogens with two attached hydrogens (primary N) is 1. The lowest BCUT2D eigenvalue weighted by molar-refractivity contribution is 0.588. The molecule has 0 amide bonds. The molecule has 0 saturated heterocycles. The van der Waals surface area contributed by atoms with E-state index in [1.165, 1.54) is 0 Å². The van der Waals surface area contributed by atoms with Crippen LogP contribution in [0.1, 0.15) is 4.11 Å². The molecule has 32 valence electrons. The van der Waals surface area contributed by atoms with E-state index in [4.69, 9.17) is 9.85 Å². The first-order valence-corrected chi connectivity index (χ1v) is 1.45. The second kappa shape index (κ2) is 1.05. The molecule has 0 saturated carbocycles. The third-order valence-corrected chi connectivity index (χ3v) is 0.398. The molecule has 0 aliphatic rings. The van der Waals surface area contributed by atoms with E-state index in [1.54, 1.807) is 0 Å². The van der Waals surface area contributed by atoms with Gasteiger partial charge in [-0.25, -0.2) is 0 Å². The molecule has 6 heavy (non-hydrogen) atoms. The number of furan rings is 1. The second-order valence-corrected chi connectivity index (χ2v) is 0.818. The Labute approximate surface area is 39.8 Å². The van der Waals surface area contributed by atoms with Gasteiger partial charge >= 0.3 is 0 Å². The van der Waals surface area contributed by atoms with Crippen molar-refractivity contribution >= 4 is 5.88 Å².